The van der Waals surface area contributed by atoms with Gasteiger partial charge in [0.1, 0.15) is 6.54 Å². The van der Waals surface area contributed by atoms with Gasteiger partial charge in [-0.15, -0.1) is 5.10 Å². The number of rotatable bonds is 3. The molecule has 1 aromatic carbocycles. The minimum absolute atomic E-state index is 0.00829. The highest BCUT2D eigenvalue weighted by molar-refractivity contribution is 5.90. The van der Waals surface area contributed by atoms with Gasteiger partial charge >= 0.3 is 0 Å². The normalized spacial score (nSPS) is 12.4. The molecule has 19 heavy (non-hydrogen) atoms. The van der Waals surface area contributed by atoms with Gasteiger partial charge in [-0.05, 0) is 12.1 Å². The highest BCUT2D eigenvalue weighted by Gasteiger charge is 2.14. The van der Waals surface area contributed by atoms with Crippen LogP contribution in [0.25, 0.3) is 0 Å². The maximum Gasteiger partial charge on any atom is 0.247 e. The van der Waals surface area contributed by atoms with E-state index >= 15 is 0 Å². The van der Waals surface area contributed by atoms with Crippen LogP contribution in [-0.4, -0.2) is 27.7 Å². The molecular formula is C11H11N5O3. The number of carbonyl (C=O) groups is 1. The predicted molar refractivity (Wildman–Crippen MR) is 65.6 cm³/mol. The fraction of sp³-hybridized carbons (Fsp3) is 0.182. The number of anilines is 2. The quantitative estimate of drug-likeness (QED) is 0.819. The number of ether oxygens (including phenoxy) is 2. The monoisotopic (exact) mass is 261 g/mol. The molecule has 0 saturated heterocycles. The number of hydrogen-bond acceptors (Lipinski definition) is 6. The molecule has 1 aliphatic heterocycles. The summed E-state index contributed by atoms with van der Waals surface area (Å²) >= 11 is 0. The Bertz CT molecular complexity index is 625. The Kier molecular flexibility index (Phi) is 2.67. The van der Waals surface area contributed by atoms with Crippen LogP contribution in [0.2, 0.25) is 0 Å². The number of carbonyl (C=O) groups excluding carboxylic acids is 1. The molecule has 1 aliphatic rings. The second-order valence-corrected chi connectivity index (χ2v) is 3.92. The lowest BCUT2D eigenvalue weighted by Crippen LogP contribution is -2.20. The molecule has 0 radical (unpaired) electrons. The molecule has 0 fully saturated rings. The van der Waals surface area contributed by atoms with Crippen molar-refractivity contribution < 1.29 is 14.3 Å². The molecule has 8 heteroatoms. The molecule has 1 aromatic heterocycles. The molecule has 0 atom stereocenters. The summed E-state index contributed by atoms with van der Waals surface area (Å²) in [5.74, 6) is 1.30. The van der Waals surface area contributed by atoms with E-state index < -0.39 is 0 Å². The van der Waals surface area contributed by atoms with Crippen molar-refractivity contribution in [1.82, 2.24) is 15.0 Å². The molecule has 8 nitrogen and oxygen atoms in total. The van der Waals surface area contributed by atoms with Crippen LogP contribution in [0.3, 0.4) is 0 Å². The molecule has 3 rings (SSSR count). The van der Waals surface area contributed by atoms with Crippen molar-refractivity contribution in [2.24, 2.45) is 0 Å². The standard InChI is InChI=1S/C11H11N5O3/c12-10-4-13-16(15-10)5-11(17)14-7-1-2-8-9(3-7)19-6-18-8/h1-4H,5-6H2,(H2,12,15)(H,14,17). The van der Waals surface area contributed by atoms with Crippen molar-refractivity contribution in [2.75, 3.05) is 17.8 Å². The van der Waals surface area contributed by atoms with Gasteiger partial charge in [0.05, 0.1) is 6.20 Å². The maximum absolute atomic E-state index is 11.8. The number of nitrogens with zero attached hydrogens (tertiary/aromatic N) is 3. The third-order valence-electron chi connectivity index (χ3n) is 2.50. The minimum Gasteiger partial charge on any atom is -0.454 e. The molecular weight excluding hydrogens is 250 g/mol. The first-order valence-corrected chi connectivity index (χ1v) is 5.56. The van der Waals surface area contributed by atoms with Gasteiger partial charge in [0.15, 0.2) is 17.3 Å². The van der Waals surface area contributed by atoms with Crippen molar-refractivity contribution in [2.45, 2.75) is 6.54 Å². The van der Waals surface area contributed by atoms with Crippen LogP contribution in [0, 0.1) is 0 Å². The van der Waals surface area contributed by atoms with Crippen LogP contribution in [0.4, 0.5) is 11.5 Å². The van der Waals surface area contributed by atoms with E-state index in [0.717, 1.165) is 0 Å². The molecule has 1 amide bonds. The van der Waals surface area contributed by atoms with Crippen LogP contribution in [-0.2, 0) is 11.3 Å². The summed E-state index contributed by atoms with van der Waals surface area (Å²) in [5.41, 5.74) is 6.03. The lowest BCUT2D eigenvalue weighted by molar-refractivity contribution is -0.117. The van der Waals surface area contributed by atoms with Crippen LogP contribution >= 0.6 is 0 Å². The molecule has 3 N–H and O–H groups in total. The Labute approximate surface area is 108 Å². The van der Waals surface area contributed by atoms with E-state index in [0.29, 0.717) is 17.2 Å². The fourth-order valence-corrected chi connectivity index (χ4v) is 1.69. The summed E-state index contributed by atoms with van der Waals surface area (Å²) in [4.78, 5) is 13.0. The highest BCUT2D eigenvalue weighted by Crippen LogP contribution is 2.34. The third-order valence-corrected chi connectivity index (χ3v) is 2.50. The van der Waals surface area contributed by atoms with E-state index in [1.165, 1.54) is 11.0 Å². The SMILES string of the molecule is Nc1cnn(CC(=O)Nc2ccc3c(c2)OCO3)n1. The molecule has 0 saturated carbocycles. The zero-order valence-corrected chi connectivity index (χ0v) is 9.87. The van der Waals surface area contributed by atoms with Crippen LogP contribution < -0.4 is 20.5 Å². The first-order valence-electron chi connectivity index (χ1n) is 5.56. The van der Waals surface area contributed by atoms with Gasteiger partial charge < -0.3 is 20.5 Å². The molecule has 0 spiro atoms. The summed E-state index contributed by atoms with van der Waals surface area (Å²) in [5, 5.41) is 10.4. The molecule has 2 aromatic rings. The number of nitrogens with two attached hydrogens (primary N) is 1. The number of nitrogen functional groups attached to an aromatic ring is 1. The Morgan fingerprint density at radius 2 is 2.26 bits per heavy atom. The molecule has 0 bridgehead atoms. The van der Waals surface area contributed by atoms with E-state index in [2.05, 4.69) is 15.5 Å². The summed E-state index contributed by atoms with van der Waals surface area (Å²) in [6.45, 7) is 0.189. The first kappa shape index (κ1) is 11.3. The first-order chi connectivity index (χ1) is 9.20. The van der Waals surface area contributed by atoms with E-state index in [-0.39, 0.29) is 25.1 Å². The predicted octanol–water partition coefficient (Wildman–Crippen LogP) is 0.228. The summed E-state index contributed by atoms with van der Waals surface area (Å²) in [6, 6.07) is 5.17. The second kappa shape index (κ2) is 4.48. The van der Waals surface area contributed by atoms with Crippen molar-refractivity contribution in [3.05, 3.63) is 24.4 Å². The minimum atomic E-state index is -0.255. The zero-order valence-electron chi connectivity index (χ0n) is 9.87. The molecule has 98 valence electrons. The Hall–Kier alpha value is -2.77. The number of nitrogens with one attached hydrogen (secondary N) is 1. The van der Waals surface area contributed by atoms with Gasteiger partial charge in [0, 0.05) is 11.8 Å². The van der Waals surface area contributed by atoms with Gasteiger partial charge in [-0.25, -0.2) is 0 Å². The van der Waals surface area contributed by atoms with Gasteiger partial charge in [-0.2, -0.15) is 9.90 Å². The van der Waals surface area contributed by atoms with Crippen molar-refractivity contribution in [3.8, 4) is 11.5 Å². The topological polar surface area (TPSA) is 104 Å². The molecule has 0 unspecified atom stereocenters. The van der Waals surface area contributed by atoms with Gasteiger partial charge in [-0.3, -0.25) is 4.79 Å². The Morgan fingerprint density at radius 3 is 3.05 bits per heavy atom. The van der Waals surface area contributed by atoms with E-state index in [4.69, 9.17) is 15.2 Å². The van der Waals surface area contributed by atoms with E-state index in [1.54, 1.807) is 18.2 Å². The molecule has 2 heterocycles. The average molecular weight is 261 g/mol. The van der Waals surface area contributed by atoms with Crippen LogP contribution in [0.15, 0.2) is 24.4 Å². The largest absolute Gasteiger partial charge is 0.454 e. The van der Waals surface area contributed by atoms with Gasteiger partial charge in [-0.1, -0.05) is 0 Å². The van der Waals surface area contributed by atoms with E-state index in [1.807, 2.05) is 0 Å². The number of benzene rings is 1. The van der Waals surface area contributed by atoms with Gasteiger partial charge in [0.2, 0.25) is 12.7 Å². The summed E-state index contributed by atoms with van der Waals surface area (Å²) in [7, 11) is 0. The smallest absolute Gasteiger partial charge is 0.247 e. The third kappa shape index (κ3) is 2.41. The number of fused-ring (bicyclic) bond motifs is 1. The van der Waals surface area contributed by atoms with Crippen LogP contribution in [0.1, 0.15) is 0 Å². The number of hydrogen-bond donors (Lipinski definition) is 2. The Balaban J connectivity index is 1.66. The van der Waals surface area contributed by atoms with Crippen molar-refractivity contribution in [3.63, 3.8) is 0 Å². The highest BCUT2D eigenvalue weighted by atomic mass is 16.7. The maximum atomic E-state index is 11.8. The zero-order chi connectivity index (χ0) is 13.2. The lowest BCUT2D eigenvalue weighted by atomic mass is 10.3. The fourth-order valence-electron chi connectivity index (χ4n) is 1.69. The second-order valence-electron chi connectivity index (χ2n) is 3.92. The Morgan fingerprint density at radius 1 is 1.42 bits per heavy atom. The van der Waals surface area contributed by atoms with Crippen LogP contribution in [0.5, 0.6) is 11.5 Å². The van der Waals surface area contributed by atoms with Gasteiger partial charge in [0.25, 0.3) is 0 Å². The number of amides is 1. The summed E-state index contributed by atoms with van der Waals surface area (Å²) in [6.07, 6.45) is 1.38. The van der Waals surface area contributed by atoms with Crippen molar-refractivity contribution in [1.29, 1.82) is 0 Å². The number of aromatic nitrogens is 3. The average Bonchev–Trinajstić information content (AvgIpc) is 2.97. The molecule has 0 aliphatic carbocycles. The summed E-state index contributed by atoms with van der Waals surface area (Å²) < 4.78 is 10.4. The lowest BCUT2D eigenvalue weighted by Gasteiger charge is -2.05. The van der Waals surface area contributed by atoms with E-state index in [9.17, 15) is 4.79 Å². The van der Waals surface area contributed by atoms with Crippen molar-refractivity contribution >= 4 is 17.4 Å².